The third kappa shape index (κ3) is 5.15. The largest absolute Gasteiger partial charge is 0.383 e. The molecule has 3 aromatic rings. The van der Waals surface area contributed by atoms with Crippen molar-refractivity contribution in [3.63, 3.8) is 0 Å². The maximum Gasteiger partial charge on any atom is 0.230 e. The van der Waals surface area contributed by atoms with Crippen LogP contribution in [0.3, 0.4) is 0 Å². The Bertz CT molecular complexity index is 815. The molecule has 1 amide bonds. The van der Waals surface area contributed by atoms with Crippen LogP contribution < -0.4 is 5.32 Å². The van der Waals surface area contributed by atoms with Crippen LogP contribution in [0.5, 0.6) is 0 Å². The van der Waals surface area contributed by atoms with Crippen LogP contribution in [-0.2, 0) is 11.3 Å². The van der Waals surface area contributed by atoms with Gasteiger partial charge < -0.3 is 10.4 Å². The summed E-state index contributed by atoms with van der Waals surface area (Å²) in [6.07, 6.45) is -0.616. The monoisotopic (exact) mass is 393 g/mol. The third-order valence-corrected chi connectivity index (χ3v) is 6.31. The van der Waals surface area contributed by atoms with Gasteiger partial charge in [-0.25, -0.2) is 4.39 Å². The minimum atomic E-state index is -0.616. The first kappa shape index (κ1) is 18.1. The first-order chi connectivity index (χ1) is 12.1. The number of hydrogen-bond acceptors (Lipinski definition) is 5. The first-order valence-corrected chi connectivity index (χ1v) is 10.3. The number of aliphatic hydroxyl groups excluding tert-OH is 1. The van der Waals surface area contributed by atoms with E-state index in [2.05, 4.69) is 5.32 Å². The Morgan fingerprint density at radius 3 is 2.72 bits per heavy atom. The van der Waals surface area contributed by atoms with E-state index in [0.717, 1.165) is 20.2 Å². The van der Waals surface area contributed by atoms with Gasteiger partial charge in [-0.15, -0.1) is 23.1 Å². The number of thiophene rings is 2. The molecular weight excluding hydrogens is 377 g/mol. The van der Waals surface area contributed by atoms with Crippen LogP contribution in [0.15, 0.2) is 58.1 Å². The number of aliphatic hydroxyl groups is 1. The molecule has 2 N–H and O–H groups in total. The Balaban J connectivity index is 1.47. The van der Waals surface area contributed by atoms with E-state index >= 15 is 0 Å². The van der Waals surface area contributed by atoms with Crippen molar-refractivity contribution in [2.75, 3.05) is 5.75 Å². The molecular formula is C18H16FNO2S3. The minimum absolute atomic E-state index is 0.0809. The van der Waals surface area contributed by atoms with Gasteiger partial charge in [-0.3, -0.25) is 4.79 Å². The fraction of sp³-hybridized carbons (Fsp3) is 0.167. The number of carbonyl (C=O) groups is 1. The van der Waals surface area contributed by atoms with E-state index in [1.807, 2.05) is 29.0 Å². The van der Waals surface area contributed by atoms with Crippen molar-refractivity contribution in [2.45, 2.75) is 17.5 Å². The number of hydrogen-bond donors (Lipinski definition) is 2. The van der Waals surface area contributed by atoms with Crippen LogP contribution >= 0.6 is 34.4 Å². The predicted molar refractivity (Wildman–Crippen MR) is 102 cm³/mol. The average molecular weight is 394 g/mol. The second-order valence-electron chi connectivity index (χ2n) is 5.28. The zero-order valence-corrected chi connectivity index (χ0v) is 15.6. The molecule has 25 heavy (non-hydrogen) atoms. The quantitative estimate of drug-likeness (QED) is 0.584. The van der Waals surface area contributed by atoms with Crippen molar-refractivity contribution in [3.8, 4) is 0 Å². The van der Waals surface area contributed by atoms with E-state index in [9.17, 15) is 14.3 Å². The molecule has 0 aliphatic heterocycles. The molecule has 2 heterocycles. The van der Waals surface area contributed by atoms with Gasteiger partial charge in [0.2, 0.25) is 5.91 Å². The van der Waals surface area contributed by atoms with E-state index in [4.69, 9.17) is 0 Å². The maximum atomic E-state index is 12.8. The van der Waals surface area contributed by atoms with Crippen LogP contribution in [0.2, 0.25) is 0 Å². The highest BCUT2D eigenvalue weighted by atomic mass is 32.2. The van der Waals surface area contributed by atoms with Gasteiger partial charge in [-0.2, -0.15) is 11.3 Å². The Morgan fingerprint density at radius 2 is 2.00 bits per heavy atom. The molecule has 1 aromatic carbocycles. The zero-order valence-electron chi connectivity index (χ0n) is 13.1. The smallest absolute Gasteiger partial charge is 0.230 e. The number of nitrogens with one attached hydrogen (secondary N) is 1. The molecule has 3 rings (SSSR count). The third-order valence-electron chi connectivity index (χ3n) is 3.45. The normalized spacial score (nSPS) is 12.1. The Kier molecular flexibility index (Phi) is 6.25. The lowest BCUT2D eigenvalue weighted by Crippen LogP contribution is -2.24. The Labute approximate surface area is 157 Å². The second-order valence-corrected chi connectivity index (χ2v) is 8.31. The lowest BCUT2D eigenvalue weighted by Gasteiger charge is -2.06. The summed E-state index contributed by atoms with van der Waals surface area (Å²) in [5.74, 6) is -0.0870. The molecule has 2 aromatic heterocycles. The van der Waals surface area contributed by atoms with Gasteiger partial charge in [-0.05, 0) is 58.8 Å². The summed E-state index contributed by atoms with van der Waals surface area (Å²) in [4.78, 5) is 14.6. The van der Waals surface area contributed by atoms with Gasteiger partial charge in [0.15, 0.2) is 0 Å². The lowest BCUT2D eigenvalue weighted by molar-refractivity contribution is -0.118. The van der Waals surface area contributed by atoms with Crippen LogP contribution in [0.1, 0.15) is 21.4 Å². The predicted octanol–water partition coefficient (Wildman–Crippen LogP) is 4.44. The molecule has 0 aliphatic carbocycles. The number of benzene rings is 1. The Hall–Kier alpha value is -1.67. The van der Waals surface area contributed by atoms with Crippen molar-refractivity contribution >= 4 is 40.3 Å². The van der Waals surface area contributed by atoms with E-state index in [-0.39, 0.29) is 17.5 Å². The molecule has 0 aliphatic rings. The van der Waals surface area contributed by atoms with Gasteiger partial charge in [0, 0.05) is 14.6 Å². The molecule has 3 nitrogen and oxygen atoms in total. The van der Waals surface area contributed by atoms with Crippen LogP contribution in [-0.4, -0.2) is 16.8 Å². The molecule has 0 bridgehead atoms. The molecule has 1 unspecified atom stereocenters. The number of rotatable bonds is 7. The van der Waals surface area contributed by atoms with Crippen molar-refractivity contribution in [3.05, 3.63) is 74.4 Å². The van der Waals surface area contributed by atoms with E-state index in [1.165, 1.54) is 35.2 Å². The lowest BCUT2D eigenvalue weighted by atomic mass is 10.2. The summed E-state index contributed by atoms with van der Waals surface area (Å²) in [7, 11) is 0. The standard InChI is InChI=1S/C18H16FNO2S3/c19-13-1-3-14(4-2-13)24-11-17(21)20-9-15-5-6-16(25-15)18(22)12-7-8-23-10-12/h1-8,10,18,22H,9,11H2,(H,20,21). The summed E-state index contributed by atoms with van der Waals surface area (Å²) < 4.78 is 12.8. The van der Waals surface area contributed by atoms with Crippen LogP contribution in [0.25, 0.3) is 0 Å². The summed E-state index contributed by atoms with van der Waals surface area (Å²) in [6.45, 7) is 0.434. The molecule has 0 fully saturated rings. The fourth-order valence-electron chi connectivity index (χ4n) is 2.15. The zero-order chi connectivity index (χ0) is 17.6. The fourth-order valence-corrected chi connectivity index (χ4v) is 4.52. The topological polar surface area (TPSA) is 49.3 Å². The molecule has 0 saturated carbocycles. The average Bonchev–Trinajstić information content (AvgIpc) is 3.30. The maximum absolute atomic E-state index is 12.8. The van der Waals surface area contributed by atoms with E-state index in [1.54, 1.807) is 23.5 Å². The SMILES string of the molecule is O=C(CSc1ccc(F)cc1)NCc1ccc(C(O)c2ccsc2)s1. The van der Waals surface area contributed by atoms with E-state index in [0.29, 0.717) is 6.54 Å². The molecule has 0 saturated heterocycles. The number of thioether (sulfide) groups is 1. The van der Waals surface area contributed by atoms with Gasteiger partial charge in [0.25, 0.3) is 0 Å². The van der Waals surface area contributed by atoms with Gasteiger partial charge >= 0.3 is 0 Å². The van der Waals surface area contributed by atoms with Crippen molar-refractivity contribution in [1.82, 2.24) is 5.32 Å². The van der Waals surface area contributed by atoms with Crippen LogP contribution in [0.4, 0.5) is 4.39 Å². The van der Waals surface area contributed by atoms with Gasteiger partial charge in [0.1, 0.15) is 11.9 Å². The highest BCUT2D eigenvalue weighted by molar-refractivity contribution is 8.00. The molecule has 0 radical (unpaired) electrons. The first-order valence-electron chi connectivity index (χ1n) is 7.55. The second kappa shape index (κ2) is 8.62. The molecule has 7 heteroatoms. The highest BCUT2D eigenvalue weighted by Gasteiger charge is 2.13. The van der Waals surface area contributed by atoms with Gasteiger partial charge in [-0.1, -0.05) is 0 Å². The summed E-state index contributed by atoms with van der Waals surface area (Å²) in [5.41, 5.74) is 0.887. The Morgan fingerprint density at radius 1 is 1.20 bits per heavy atom. The highest BCUT2D eigenvalue weighted by Crippen LogP contribution is 2.29. The number of amides is 1. The minimum Gasteiger partial charge on any atom is -0.383 e. The summed E-state index contributed by atoms with van der Waals surface area (Å²) in [6, 6.07) is 11.8. The number of halogens is 1. The molecule has 0 spiro atoms. The van der Waals surface area contributed by atoms with Gasteiger partial charge in [0.05, 0.1) is 12.3 Å². The van der Waals surface area contributed by atoms with Crippen molar-refractivity contribution in [1.29, 1.82) is 0 Å². The van der Waals surface area contributed by atoms with Crippen molar-refractivity contribution < 1.29 is 14.3 Å². The molecule has 130 valence electrons. The summed E-state index contributed by atoms with van der Waals surface area (Å²) >= 11 is 4.41. The van der Waals surface area contributed by atoms with E-state index < -0.39 is 6.10 Å². The van der Waals surface area contributed by atoms with Crippen LogP contribution in [0, 0.1) is 5.82 Å². The molecule has 1 atom stereocenters. The summed E-state index contributed by atoms with van der Waals surface area (Å²) in [5, 5.41) is 17.0. The van der Waals surface area contributed by atoms with Crippen molar-refractivity contribution in [2.24, 2.45) is 0 Å². The number of carbonyl (C=O) groups excluding carboxylic acids is 1.